The molecule has 0 spiro atoms. The molecule has 0 aliphatic carbocycles. The smallest absolute Gasteiger partial charge is 0.347 e. The number of benzene rings is 1. The highest BCUT2D eigenvalue weighted by Crippen LogP contribution is 2.52. The molecule has 2 fully saturated rings. The van der Waals surface area contributed by atoms with E-state index in [1.807, 2.05) is 0 Å². The first-order chi connectivity index (χ1) is 12.1. The van der Waals surface area contributed by atoms with Gasteiger partial charge >= 0.3 is 5.97 Å². The first kappa shape index (κ1) is 18.5. The average Bonchev–Trinajstić information content (AvgIpc) is 2.88. The van der Waals surface area contributed by atoms with E-state index in [9.17, 15) is 19.8 Å². The van der Waals surface area contributed by atoms with E-state index in [0.717, 1.165) is 0 Å². The van der Waals surface area contributed by atoms with Gasteiger partial charge in [0.05, 0.1) is 13.2 Å². The van der Waals surface area contributed by atoms with E-state index in [1.165, 1.54) is 19.2 Å². The van der Waals surface area contributed by atoms with Gasteiger partial charge in [-0.3, -0.25) is 4.79 Å². The summed E-state index contributed by atoms with van der Waals surface area (Å²) in [5.74, 6) is -2.37. The molecule has 26 heavy (non-hydrogen) atoms. The van der Waals surface area contributed by atoms with Crippen LogP contribution in [0.2, 0.25) is 0 Å². The SMILES string of the molecule is COc1cc([C@@H]2C[C@@H]3CCC(=O)[C@@]2(C(=O)OC(C)(C)C)O3)cc(O)c1O. The van der Waals surface area contributed by atoms with E-state index in [2.05, 4.69) is 0 Å². The topological polar surface area (TPSA) is 102 Å². The van der Waals surface area contributed by atoms with Gasteiger partial charge in [-0.25, -0.2) is 4.79 Å². The summed E-state index contributed by atoms with van der Waals surface area (Å²) in [6.45, 7) is 5.18. The highest BCUT2D eigenvalue weighted by molar-refractivity contribution is 6.09. The summed E-state index contributed by atoms with van der Waals surface area (Å²) >= 11 is 0. The average molecular weight is 364 g/mol. The van der Waals surface area contributed by atoms with Crippen LogP contribution in [0.3, 0.4) is 0 Å². The van der Waals surface area contributed by atoms with E-state index >= 15 is 0 Å². The molecule has 1 aromatic carbocycles. The van der Waals surface area contributed by atoms with E-state index in [-0.39, 0.29) is 29.8 Å². The number of hydrogen-bond donors (Lipinski definition) is 2. The summed E-state index contributed by atoms with van der Waals surface area (Å²) in [4.78, 5) is 25.8. The Morgan fingerprint density at radius 2 is 2.00 bits per heavy atom. The van der Waals surface area contributed by atoms with Gasteiger partial charge in [0.2, 0.25) is 11.4 Å². The van der Waals surface area contributed by atoms with Gasteiger partial charge in [-0.1, -0.05) is 0 Å². The third kappa shape index (κ3) is 2.90. The van der Waals surface area contributed by atoms with Crippen molar-refractivity contribution in [2.45, 2.75) is 63.3 Å². The molecule has 2 heterocycles. The van der Waals surface area contributed by atoms with Crippen molar-refractivity contribution in [2.75, 3.05) is 7.11 Å². The monoisotopic (exact) mass is 364 g/mol. The van der Waals surface area contributed by atoms with Crippen molar-refractivity contribution in [3.63, 3.8) is 0 Å². The fraction of sp³-hybridized carbons (Fsp3) is 0.579. The molecule has 3 atom stereocenters. The Morgan fingerprint density at radius 3 is 2.62 bits per heavy atom. The van der Waals surface area contributed by atoms with Crippen molar-refractivity contribution < 1.29 is 34.0 Å². The second-order valence-corrected chi connectivity index (χ2v) is 7.82. The lowest BCUT2D eigenvalue weighted by Crippen LogP contribution is -2.54. The third-order valence-electron chi connectivity index (χ3n) is 4.85. The number of carbonyl (C=O) groups excluding carboxylic acids is 2. The predicted molar refractivity (Wildman–Crippen MR) is 91.4 cm³/mol. The molecule has 0 amide bonds. The predicted octanol–water partition coefficient (Wildman–Crippen LogP) is 2.42. The number of rotatable bonds is 3. The van der Waals surface area contributed by atoms with Crippen LogP contribution in [0.15, 0.2) is 12.1 Å². The number of phenolic OH excluding ortho intramolecular Hbond substituents is 2. The molecule has 1 aromatic rings. The first-order valence-electron chi connectivity index (χ1n) is 8.63. The lowest BCUT2D eigenvalue weighted by atomic mass is 9.79. The number of esters is 1. The summed E-state index contributed by atoms with van der Waals surface area (Å²) in [6, 6.07) is 2.86. The molecule has 2 aliphatic rings. The normalized spacial score (nSPS) is 28.1. The van der Waals surface area contributed by atoms with Crippen LogP contribution in [0.5, 0.6) is 17.2 Å². The molecule has 142 valence electrons. The lowest BCUT2D eigenvalue weighted by molar-refractivity contribution is -0.190. The molecule has 2 aliphatic heterocycles. The largest absolute Gasteiger partial charge is 0.504 e. The minimum Gasteiger partial charge on any atom is -0.504 e. The zero-order chi connectivity index (χ0) is 19.3. The van der Waals surface area contributed by atoms with Gasteiger partial charge in [-0.15, -0.1) is 0 Å². The number of phenols is 2. The van der Waals surface area contributed by atoms with Crippen LogP contribution in [0.4, 0.5) is 0 Å². The van der Waals surface area contributed by atoms with Crippen molar-refractivity contribution in [3.05, 3.63) is 17.7 Å². The van der Waals surface area contributed by atoms with Gasteiger partial charge in [0.15, 0.2) is 17.3 Å². The molecule has 2 bridgehead atoms. The van der Waals surface area contributed by atoms with Crippen LogP contribution in [0, 0.1) is 0 Å². The number of Topliss-reactive ketones (excluding diaryl/α,β-unsaturated/α-hetero) is 1. The fourth-order valence-corrected chi connectivity index (χ4v) is 3.74. The van der Waals surface area contributed by atoms with Gasteiger partial charge in [0.1, 0.15) is 5.60 Å². The number of hydrogen-bond acceptors (Lipinski definition) is 7. The zero-order valence-corrected chi connectivity index (χ0v) is 15.4. The van der Waals surface area contributed by atoms with Crippen molar-refractivity contribution in [2.24, 2.45) is 0 Å². The molecular formula is C19H24O7. The summed E-state index contributed by atoms with van der Waals surface area (Å²) < 4.78 is 16.5. The Morgan fingerprint density at radius 1 is 1.31 bits per heavy atom. The van der Waals surface area contributed by atoms with Crippen molar-refractivity contribution in [1.29, 1.82) is 0 Å². The van der Waals surface area contributed by atoms with Crippen LogP contribution in [-0.2, 0) is 19.1 Å². The highest BCUT2D eigenvalue weighted by Gasteiger charge is 2.63. The van der Waals surface area contributed by atoms with E-state index < -0.39 is 28.8 Å². The van der Waals surface area contributed by atoms with E-state index in [0.29, 0.717) is 18.4 Å². The number of fused-ring (bicyclic) bond motifs is 2. The molecule has 0 saturated carbocycles. The quantitative estimate of drug-likeness (QED) is 0.482. The molecule has 0 unspecified atom stereocenters. The highest BCUT2D eigenvalue weighted by atomic mass is 16.6. The molecule has 0 radical (unpaired) electrons. The fourth-order valence-electron chi connectivity index (χ4n) is 3.74. The Hall–Kier alpha value is -2.28. The maximum Gasteiger partial charge on any atom is 0.347 e. The standard InChI is InChI=1S/C19H24O7/c1-18(2,3)26-17(23)19-12(9-11(25-19)5-6-15(19)21)10-7-13(20)16(22)14(8-10)24-4/h7-8,11-12,20,22H,5-6,9H2,1-4H3/t11-,12-,19-/m0/s1. The number of ether oxygens (including phenoxy) is 3. The maximum absolute atomic E-state index is 13.0. The number of carbonyl (C=O) groups is 2. The molecular weight excluding hydrogens is 340 g/mol. The molecule has 7 heteroatoms. The van der Waals surface area contributed by atoms with E-state index in [1.54, 1.807) is 20.8 Å². The van der Waals surface area contributed by atoms with Crippen molar-refractivity contribution in [3.8, 4) is 17.2 Å². The van der Waals surface area contributed by atoms with E-state index in [4.69, 9.17) is 14.2 Å². The number of ketones is 1. The minimum absolute atomic E-state index is 0.0632. The Bertz CT molecular complexity index is 749. The van der Waals surface area contributed by atoms with Crippen LogP contribution in [0.25, 0.3) is 0 Å². The summed E-state index contributed by atoms with van der Waals surface area (Å²) in [6.07, 6.45) is 0.980. The molecule has 7 nitrogen and oxygen atoms in total. The van der Waals surface area contributed by atoms with Crippen LogP contribution in [0.1, 0.15) is 51.5 Å². The Labute approximate surface area is 151 Å². The number of aromatic hydroxyl groups is 2. The minimum atomic E-state index is -1.73. The maximum atomic E-state index is 13.0. The van der Waals surface area contributed by atoms with Gasteiger partial charge in [0.25, 0.3) is 0 Å². The molecule has 2 saturated heterocycles. The van der Waals surface area contributed by atoms with Gasteiger partial charge in [0, 0.05) is 12.3 Å². The summed E-state index contributed by atoms with van der Waals surface area (Å²) in [5.41, 5.74) is -2.02. The second kappa shape index (κ2) is 6.16. The summed E-state index contributed by atoms with van der Waals surface area (Å²) in [7, 11) is 1.36. The van der Waals surface area contributed by atoms with Crippen molar-refractivity contribution in [1.82, 2.24) is 0 Å². The lowest BCUT2D eigenvalue weighted by Gasteiger charge is -2.36. The van der Waals surface area contributed by atoms with Crippen LogP contribution < -0.4 is 4.74 Å². The van der Waals surface area contributed by atoms with Gasteiger partial charge < -0.3 is 24.4 Å². The Kier molecular flexibility index (Phi) is 4.38. The van der Waals surface area contributed by atoms with Gasteiger partial charge in [-0.2, -0.15) is 0 Å². The van der Waals surface area contributed by atoms with Gasteiger partial charge in [-0.05, 0) is 51.3 Å². The summed E-state index contributed by atoms with van der Waals surface area (Å²) in [5, 5.41) is 19.9. The molecule has 3 rings (SSSR count). The third-order valence-corrected chi connectivity index (χ3v) is 4.85. The Balaban J connectivity index is 2.09. The number of methoxy groups -OCH3 is 1. The molecule has 0 aromatic heterocycles. The van der Waals surface area contributed by atoms with Crippen LogP contribution in [-0.4, -0.2) is 46.4 Å². The first-order valence-corrected chi connectivity index (χ1v) is 8.63. The second-order valence-electron chi connectivity index (χ2n) is 7.82. The molecule has 2 N–H and O–H groups in total. The zero-order valence-electron chi connectivity index (χ0n) is 15.4. The van der Waals surface area contributed by atoms with Crippen LogP contribution >= 0.6 is 0 Å². The van der Waals surface area contributed by atoms with Crippen molar-refractivity contribution >= 4 is 11.8 Å².